The van der Waals surface area contributed by atoms with Crippen LogP contribution in [-0.2, 0) is 4.79 Å². The summed E-state index contributed by atoms with van der Waals surface area (Å²) in [6.45, 7) is 5.65. The van der Waals surface area contributed by atoms with E-state index in [0.717, 1.165) is 25.7 Å². The van der Waals surface area contributed by atoms with Crippen LogP contribution < -0.4 is 11.1 Å². The van der Waals surface area contributed by atoms with Gasteiger partial charge in [0.05, 0.1) is 5.92 Å². The van der Waals surface area contributed by atoms with E-state index in [1.54, 1.807) is 43.3 Å². The molecule has 1 amide bonds. The Morgan fingerprint density at radius 3 is 2.43 bits per heavy atom. The Hall–Kier alpha value is -2.69. The standard InChI is InChI=1S/C21H24FN3O.C2H6/c1-13(23)17-12-15(10-11-19(17)24)25-21(26)20(14-6-2-3-7-14)16-8-4-5-9-18(16)22;1-2/h4-5,8-12,14,20,23H,2-3,6-7,24H2,1H3,(H,25,26);1-2H3. The summed E-state index contributed by atoms with van der Waals surface area (Å²) in [6, 6.07) is 11.6. The molecule has 0 bridgehead atoms. The van der Waals surface area contributed by atoms with Gasteiger partial charge in [-0.1, -0.05) is 44.9 Å². The fourth-order valence-corrected chi connectivity index (χ4v) is 3.81. The van der Waals surface area contributed by atoms with E-state index in [9.17, 15) is 9.18 Å². The van der Waals surface area contributed by atoms with E-state index in [0.29, 0.717) is 28.2 Å². The summed E-state index contributed by atoms with van der Waals surface area (Å²) in [5.74, 6) is -0.918. The van der Waals surface area contributed by atoms with Gasteiger partial charge >= 0.3 is 0 Å². The summed E-state index contributed by atoms with van der Waals surface area (Å²) < 4.78 is 14.4. The second kappa shape index (κ2) is 10.0. The highest BCUT2D eigenvalue weighted by Gasteiger charge is 2.33. The molecule has 1 atom stereocenters. The lowest BCUT2D eigenvalue weighted by molar-refractivity contribution is -0.118. The number of carbonyl (C=O) groups excluding carboxylic acids is 1. The van der Waals surface area contributed by atoms with E-state index < -0.39 is 5.92 Å². The van der Waals surface area contributed by atoms with E-state index in [1.807, 2.05) is 13.8 Å². The van der Waals surface area contributed by atoms with Crippen molar-refractivity contribution in [3.8, 4) is 0 Å². The second-order valence-electron chi connectivity index (χ2n) is 6.96. The van der Waals surface area contributed by atoms with Gasteiger partial charge in [-0.2, -0.15) is 0 Å². The molecule has 0 aromatic heterocycles. The highest BCUT2D eigenvalue weighted by molar-refractivity contribution is 6.03. The minimum atomic E-state index is -0.513. The second-order valence-corrected chi connectivity index (χ2v) is 6.96. The fourth-order valence-electron chi connectivity index (χ4n) is 3.81. The summed E-state index contributed by atoms with van der Waals surface area (Å²) in [5, 5.41) is 10.7. The molecular formula is C23H30FN3O. The Morgan fingerprint density at radius 2 is 1.82 bits per heavy atom. The molecule has 0 heterocycles. The number of benzene rings is 2. The molecule has 2 aromatic rings. The van der Waals surface area contributed by atoms with Crippen molar-refractivity contribution >= 4 is 23.0 Å². The Morgan fingerprint density at radius 1 is 1.18 bits per heavy atom. The summed E-state index contributed by atoms with van der Waals surface area (Å²) in [7, 11) is 0. The molecule has 1 aliphatic carbocycles. The molecule has 28 heavy (non-hydrogen) atoms. The first-order valence-electron chi connectivity index (χ1n) is 9.97. The third-order valence-corrected chi connectivity index (χ3v) is 5.12. The van der Waals surface area contributed by atoms with Gasteiger partial charge < -0.3 is 16.5 Å². The normalized spacial score (nSPS) is 14.7. The number of nitrogens with one attached hydrogen (secondary N) is 2. The van der Waals surface area contributed by atoms with Gasteiger partial charge in [0.2, 0.25) is 5.91 Å². The molecule has 150 valence electrons. The van der Waals surface area contributed by atoms with Crippen molar-refractivity contribution in [2.24, 2.45) is 5.92 Å². The summed E-state index contributed by atoms with van der Waals surface area (Å²) in [4.78, 5) is 13.1. The quantitative estimate of drug-likeness (QED) is 0.455. The highest BCUT2D eigenvalue weighted by Crippen LogP contribution is 2.39. The van der Waals surface area contributed by atoms with Crippen LogP contribution in [0.25, 0.3) is 0 Å². The molecule has 4 N–H and O–H groups in total. The minimum absolute atomic E-state index is 0.143. The predicted molar refractivity (Wildman–Crippen MR) is 114 cm³/mol. The van der Waals surface area contributed by atoms with E-state index in [-0.39, 0.29) is 17.6 Å². The van der Waals surface area contributed by atoms with Gasteiger partial charge in [0.1, 0.15) is 5.82 Å². The first-order valence-corrected chi connectivity index (χ1v) is 9.97. The number of nitrogen functional groups attached to an aromatic ring is 1. The Labute approximate surface area is 166 Å². The van der Waals surface area contributed by atoms with Crippen molar-refractivity contribution in [2.45, 2.75) is 52.4 Å². The summed E-state index contributed by atoms with van der Waals surface area (Å²) in [5.41, 5.74) is 8.34. The Kier molecular flexibility index (Phi) is 7.73. The number of carbonyl (C=O) groups is 1. The molecule has 1 fully saturated rings. The van der Waals surface area contributed by atoms with E-state index in [1.165, 1.54) is 6.07 Å². The summed E-state index contributed by atoms with van der Waals surface area (Å²) >= 11 is 0. The van der Waals surface area contributed by atoms with Crippen molar-refractivity contribution in [3.63, 3.8) is 0 Å². The van der Waals surface area contributed by atoms with Crippen LogP contribution in [0, 0.1) is 17.1 Å². The van der Waals surface area contributed by atoms with Gasteiger partial charge in [0, 0.05) is 28.2 Å². The third-order valence-electron chi connectivity index (χ3n) is 5.12. The molecule has 5 heteroatoms. The average molecular weight is 384 g/mol. The van der Waals surface area contributed by atoms with Crippen LogP contribution in [-0.4, -0.2) is 11.6 Å². The number of rotatable bonds is 5. The molecule has 0 spiro atoms. The Bertz CT molecular complexity index is 828. The topological polar surface area (TPSA) is 79.0 Å². The van der Waals surface area contributed by atoms with E-state index in [4.69, 9.17) is 11.1 Å². The maximum atomic E-state index is 14.4. The van der Waals surface area contributed by atoms with Crippen LogP contribution in [0.3, 0.4) is 0 Å². The van der Waals surface area contributed by atoms with Crippen LogP contribution in [0.15, 0.2) is 42.5 Å². The zero-order valence-electron chi connectivity index (χ0n) is 16.9. The predicted octanol–water partition coefficient (Wildman–Crippen LogP) is 5.73. The number of halogens is 1. The van der Waals surface area contributed by atoms with Crippen LogP contribution in [0.4, 0.5) is 15.8 Å². The van der Waals surface area contributed by atoms with Crippen LogP contribution in [0.1, 0.15) is 63.5 Å². The molecule has 1 aliphatic rings. The number of hydrogen-bond acceptors (Lipinski definition) is 3. The molecule has 1 saturated carbocycles. The molecule has 1 unspecified atom stereocenters. The molecule has 0 radical (unpaired) electrons. The monoisotopic (exact) mass is 383 g/mol. The van der Waals surface area contributed by atoms with Gasteiger partial charge in [-0.25, -0.2) is 4.39 Å². The van der Waals surface area contributed by atoms with Gasteiger partial charge in [0.25, 0.3) is 0 Å². The molecule has 2 aromatic carbocycles. The minimum Gasteiger partial charge on any atom is -0.398 e. The van der Waals surface area contributed by atoms with Crippen LogP contribution in [0.5, 0.6) is 0 Å². The highest BCUT2D eigenvalue weighted by atomic mass is 19.1. The van der Waals surface area contributed by atoms with Gasteiger partial charge in [-0.15, -0.1) is 0 Å². The summed E-state index contributed by atoms with van der Waals surface area (Å²) in [6.07, 6.45) is 4.00. The van der Waals surface area contributed by atoms with Crippen LogP contribution >= 0.6 is 0 Å². The molecule has 0 saturated heterocycles. The van der Waals surface area contributed by atoms with E-state index >= 15 is 0 Å². The van der Waals surface area contributed by atoms with Crippen molar-refractivity contribution in [3.05, 3.63) is 59.4 Å². The van der Waals surface area contributed by atoms with Gasteiger partial charge in [-0.05, 0) is 49.9 Å². The van der Waals surface area contributed by atoms with E-state index in [2.05, 4.69) is 5.32 Å². The molecule has 0 aliphatic heterocycles. The van der Waals surface area contributed by atoms with Gasteiger partial charge in [-0.3, -0.25) is 4.79 Å². The van der Waals surface area contributed by atoms with Crippen molar-refractivity contribution in [1.29, 1.82) is 5.41 Å². The maximum absolute atomic E-state index is 14.4. The van der Waals surface area contributed by atoms with Crippen LogP contribution in [0.2, 0.25) is 0 Å². The lowest BCUT2D eigenvalue weighted by Crippen LogP contribution is -2.27. The Balaban J connectivity index is 0.00000136. The smallest absolute Gasteiger partial charge is 0.232 e. The molecule has 4 nitrogen and oxygen atoms in total. The third kappa shape index (κ3) is 4.97. The number of hydrogen-bond donors (Lipinski definition) is 3. The van der Waals surface area contributed by atoms with Gasteiger partial charge in [0.15, 0.2) is 0 Å². The SMILES string of the molecule is CC.CC(=N)c1cc(NC(=O)C(c2ccccc2F)C2CCCC2)ccc1N. The first-order chi connectivity index (χ1) is 13.5. The lowest BCUT2D eigenvalue weighted by Gasteiger charge is -2.24. The number of amides is 1. The lowest BCUT2D eigenvalue weighted by atomic mass is 9.83. The molecule has 3 rings (SSSR count). The zero-order chi connectivity index (χ0) is 20.7. The van der Waals surface area contributed by atoms with Crippen molar-refractivity contribution in [1.82, 2.24) is 0 Å². The largest absolute Gasteiger partial charge is 0.398 e. The maximum Gasteiger partial charge on any atom is 0.232 e. The average Bonchev–Trinajstić information content (AvgIpc) is 3.21. The van der Waals surface area contributed by atoms with Crippen molar-refractivity contribution < 1.29 is 9.18 Å². The number of nitrogens with two attached hydrogens (primary N) is 1. The first kappa shape index (κ1) is 21.6. The van der Waals surface area contributed by atoms with Crippen molar-refractivity contribution in [2.75, 3.05) is 11.1 Å². The molecular weight excluding hydrogens is 353 g/mol. The number of anilines is 2. The fraction of sp³-hybridized carbons (Fsp3) is 0.391. The zero-order valence-corrected chi connectivity index (χ0v) is 16.9.